The summed E-state index contributed by atoms with van der Waals surface area (Å²) in [5.41, 5.74) is -0.566. The summed E-state index contributed by atoms with van der Waals surface area (Å²) in [7, 11) is 0. The number of carbonyl (C=O) groups is 1. The highest BCUT2D eigenvalue weighted by Crippen LogP contribution is 2.31. The zero-order chi connectivity index (χ0) is 11.8. The average molecular weight is 226 g/mol. The Balaban J connectivity index is 2.17. The molecule has 0 saturated heterocycles. The van der Waals surface area contributed by atoms with E-state index in [9.17, 15) is 13.6 Å². The first-order valence-electron chi connectivity index (χ1n) is 5.14. The first-order valence-corrected chi connectivity index (χ1v) is 5.14. The second-order valence-corrected chi connectivity index (χ2v) is 4.33. The second kappa shape index (κ2) is 3.81. The molecule has 3 nitrogen and oxygen atoms in total. The van der Waals surface area contributed by atoms with Crippen LogP contribution in [0.5, 0.6) is 0 Å². The van der Waals surface area contributed by atoms with Crippen LogP contribution in [0.25, 0.3) is 0 Å². The van der Waals surface area contributed by atoms with Crippen molar-refractivity contribution in [3.8, 4) is 0 Å². The van der Waals surface area contributed by atoms with Crippen LogP contribution in [0.2, 0.25) is 0 Å². The van der Waals surface area contributed by atoms with E-state index in [2.05, 4.69) is 10.3 Å². The number of aromatic nitrogens is 1. The predicted molar refractivity (Wildman–Crippen MR) is 53.9 cm³/mol. The highest BCUT2D eigenvalue weighted by molar-refractivity contribution is 5.94. The monoisotopic (exact) mass is 226 g/mol. The Kier molecular flexibility index (Phi) is 2.61. The summed E-state index contributed by atoms with van der Waals surface area (Å²) in [4.78, 5) is 14.8. The molecule has 1 aromatic heterocycles. The largest absolute Gasteiger partial charge is 0.347 e. The van der Waals surface area contributed by atoms with Crippen LogP contribution in [-0.2, 0) is 0 Å². The van der Waals surface area contributed by atoms with Gasteiger partial charge in [-0.3, -0.25) is 4.79 Å². The van der Waals surface area contributed by atoms with Crippen molar-refractivity contribution in [1.82, 2.24) is 10.3 Å². The first-order chi connectivity index (χ1) is 7.52. The van der Waals surface area contributed by atoms with Crippen molar-refractivity contribution < 1.29 is 13.6 Å². The minimum absolute atomic E-state index is 0.275. The number of rotatable bonds is 2. The average Bonchev–Trinajstić information content (AvgIpc) is 2.19. The predicted octanol–water partition coefficient (Wildman–Crippen LogP) is 2.03. The summed E-state index contributed by atoms with van der Waals surface area (Å²) in [6.07, 6.45) is 3.86. The number of pyridine rings is 1. The lowest BCUT2D eigenvalue weighted by molar-refractivity contribution is 0.0845. The molecular formula is C11H12F2N2O. The maximum atomic E-state index is 13.3. The van der Waals surface area contributed by atoms with Gasteiger partial charge < -0.3 is 5.32 Å². The fourth-order valence-corrected chi connectivity index (χ4v) is 1.77. The van der Waals surface area contributed by atoms with Crippen LogP contribution in [0.4, 0.5) is 8.78 Å². The van der Waals surface area contributed by atoms with Gasteiger partial charge >= 0.3 is 0 Å². The molecule has 0 radical (unpaired) electrons. The molecule has 1 aliphatic rings. The maximum absolute atomic E-state index is 13.3. The molecule has 0 unspecified atom stereocenters. The van der Waals surface area contributed by atoms with E-state index in [-0.39, 0.29) is 11.1 Å². The highest BCUT2D eigenvalue weighted by atomic mass is 19.2. The van der Waals surface area contributed by atoms with E-state index in [0.717, 1.165) is 25.5 Å². The molecule has 0 aliphatic heterocycles. The van der Waals surface area contributed by atoms with E-state index in [4.69, 9.17) is 0 Å². The van der Waals surface area contributed by atoms with Gasteiger partial charge in [0.25, 0.3) is 5.91 Å². The third-order valence-electron chi connectivity index (χ3n) is 2.96. The number of nitrogens with zero attached hydrogens (tertiary/aromatic N) is 1. The number of amides is 1. The molecule has 1 aromatic rings. The van der Waals surface area contributed by atoms with Crippen LogP contribution in [0.15, 0.2) is 12.3 Å². The maximum Gasteiger partial charge on any atom is 0.254 e. The Hall–Kier alpha value is -1.52. The third-order valence-corrected chi connectivity index (χ3v) is 2.96. The van der Waals surface area contributed by atoms with Gasteiger partial charge in [-0.15, -0.1) is 0 Å². The molecular weight excluding hydrogens is 214 g/mol. The standard InChI is InChI=1S/C11H12F2N2O/c1-11(4-2-5-11)15-10(16)7-3-6-14-9(13)8(7)12/h3,6H,2,4-5H2,1H3,(H,15,16). The van der Waals surface area contributed by atoms with E-state index in [1.165, 1.54) is 6.07 Å². The van der Waals surface area contributed by atoms with Crippen molar-refractivity contribution in [1.29, 1.82) is 0 Å². The van der Waals surface area contributed by atoms with Crippen molar-refractivity contribution >= 4 is 5.91 Å². The molecule has 1 saturated carbocycles. The third kappa shape index (κ3) is 1.89. The highest BCUT2D eigenvalue weighted by Gasteiger charge is 2.34. The van der Waals surface area contributed by atoms with Gasteiger partial charge in [0, 0.05) is 11.7 Å². The van der Waals surface area contributed by atoms with Gasteiger partial charge in [-0.2, -0.15) is 4.39 Å². The molecule has 1 aliphatic carbocycles. The lowest BCUT2D eigenvalue weighted by Gasteiger charge is -2.39. The van der Waals surface area contributed by atoms with Gasteiger partial charge in [0.1, 0.15) is 0 Å². The Morgan fingerprint density at radius 3 is 2.75 bits per heavy atom. The summed E-state index contributed by atoms with van der Waals surface area (Å²) in [6.45, 7) is 1.89. The van der Waals surface area contributed by atoms with Crippen molar-refractivity contribution in [3.05, 3.63) is 29.6 Å². The molecule has 0 atom stereocenters. The van der Waals surface area contributed by atoms with Crippen molar-refractivity contribution in [3.63, 3.8) is 0 Å². The summed E-state index contributed by atoms with van der Waals surface area (Å²) >= 11 is 0. The lowest BCUT2D eigenvalue weighted by atomic mass is 9.78. The van der Waals surface area contributed by atoms with Gasteiger partial charge in [-0.05, 0) is 32.3 Å². The van der Waals surface area contributed by atoms with Gasteiger partial charge in [0.05, 0.1) is 5.56 Å². The SMILES string of the molecule is CC1(NC(=O)c2ccnc(F)c2F)CCC1. The molecule has 1 heterocycles. The van der Waals surface area contributed by atoms with E-state index in [0.29, 0.717) is 0 Å². The normalized spacial score (nSPS) is 17.7. The summed E-state index contributed by atoms with van der Waals surface area (Å²) in [6, 6.07) is 1.18. The van der Waals surface area contributed by atoms with E-state index >= 15 is 0 Å². The van der Waals surface area contributed by atoms with E-state index in [1.807, 2.05) is 6.92 Å². The zero-order valence-electron chi connectivity index (χ0n) is 8.89. The van der Waals surface area contributed by atoms with Crippen LogP contribution >= 0.6 is 0 Å². The van der Waals surface area contributed by atoms with Crippen LogP contribution in [0.1, 0.15) is 36.5 Å². The smallest absolute Gasteiger partial charge is 0.254 e. The summed E-state index contributed by atoms with van der Waals surface area (Å²) in [5.74, 6) is -3.02. The van der Waals surface area contributed by atoms with E-state index < -0.39 is 17.7 Å². The molecule has 5 heteroatoms. The van der Waals surface area contributed by atoms with Gasteiger partial charge in [-0.25, -0.2) is 9.37 Å². The first kappa shape index (κ1) is 11.0. The van der Waals surface area contributed by atoms with Gasteiger partial charge in [-0.1, -0.05) is 0 Å². The molecule has 0 aromatic carbocycles. The number of halogens is 2. The van der Waals surface area contributed by atoms with Crippen LogP contribution < -0.4 is 5.32 Å². The Morgan fingerprint density at radius 1 is 1.50 bits per heavy atom. The number of carbonyl (C=O) groups excluding carboxylic acids is 1. The van der Waals surface area contributed by atoms with Gasteiger partial charge in [0.2, 0.25) is 5.95 Å². The molecule has 1 N–H and O–H groups in total. The topological polar surface area (TPSA) is 42.0 Å². The minimum Gasteiger partial charge on any atom is -0.347 e. The second-order valence-electron chi connectivity index (χ2n) is 4.33. The minimum atomic E-state index is -1.24. The quantitative estimate of drug-likeness (QED) is 0.784. The van der Waals surface area contributed by atoms with Crippen molar-refractivity contribution in [2.75, 3.05) is 0 Å². The van der Waals surface area contributed by atoms with Crippen molar-refractivity contribution in [2.45, 2.75) is 31.7 Å². The molecule has 0 bridgehead atoms. The van der Waals surface area contributed by atoms with Crippen LogP contribution in [0.3, 0.4) is 0 Å². The Labute approximate surface area is 91.9 Å². The van der Waals surface area contributed by atoms with Crippen LogP contribution in [-0.4, -0.2) is 16.4 Å². The molecule has 0 spiro atoms. The zero-order valence-corrected chi connectivity index (χ0v) is 8.89. The fraction of sp³-hybridized carbons (Fsp3) is 0.455. The molecule has 1 amide bonds. The van der Waals surface area contributed by atoms with Gasteiger partial charge in [0.15, 0.2) is 5.82 Å². The number of hydrogen-bond acceptors (Lipinski definition) is 2. The lowest BCUT2D eigenvalue weighted by Crippen LogP contribution is -2.51. The molecule has 16 heavy (non-hydrogen) atoms. The summed E-state index contributed by atoms with van der Waals surface area (Å²) < 4.78 is 26.1. The fourth-order valence-electron chi connectivity index (χ4n) is 1.77. The number of hydrogen-bond donors (Lipinski definition) is 1. The van der Waals surface area contributed by atoms with E-state index in [1.54, 1.807) is 0 Å². The molecule has 1 fully saturated rings. The van der Waals surface area contributed by atoms with Crippen molar-refractivity contribution in [2.24, 2.45) is 0 Å². The molecule has 86 valence electrons. The Morgan fingerprint density at radius 2 is 2.19 bits per heavy atom. The number of nitrogens with one attached hydrogen (secondary N) is 1. The van der Waals surface area contributed by atoms with Crippen LogP contribution in [0, 0.1) is 11.8 Å². The summed E-state index contributed by atoms with van der Waals surface area (Å²) in [5, 5.41) is 2.70. The molecule has 2 rings (SSSR count). The Bertz CT molecular complexity index is 430.